The van der Waals surface area contributed by atoms with E-state index in [-0.39, 0.29) is 17.8 Å². The summed E-state index contributed by atoms with van der Waals surface area (Å²) in [4.78, 5) is 6.55. The third-order valence-corrected chi connectivity index (χ3v) is 5.75. The highest BCUT2D eigenvalue weighted by Crippen LogP contribution is 2.33. The summed E-state index contributed by atoms with van der Waals surface area (Å²) in [6.07, 6.45) is 3.62. The molecule has 1 saturated heterocycles. The fraction of sp³-hybridized carbons (Fsp3) is 0.320. The third kappa shape index (κ3) is 5.21. The lowest BCUT2D eigenvalue weighted by Crippen LogP contribution is -2.38. The molecule has 2 aromatic carbocycles. The van der Waals surface area contributed by atoms with E-state index in [9.17, 15) is 4.39 Å². The number of methoxy groups -OCH3 is 2. The number of aromatic nitrogens is 1. The van der Waals surface area contributed by atoms with Crippen molar-refractivity contribution in [3.05, 3.63) is 89.5 Å². The minimum Gasteiger partial charge on any atom is -0.497 e. The number of hydrogen-bond donors (Lipinski definition) is 0. The largest absolute Gasteiger partial charge is 0.497 e. The molecule has 0 amide bonds. The van der Waals surface area contributed by atoms with Crippen molar-refractivity contribution >= 4 is 0 Å². The lowest BCUT2D eigenvalue weighted by atomic mass is 9.92. The Hall–Kier alpha value is -2.96. The summed E-state index contributed by atoms with van der Waals surface area (Å²) in [6, 6.07) is 16.9. The minimum atomic E-state index is -0.226. The number of benzene rings is 2. The van der Waals surface area contributed by atoms with E-state index in [0.29, 0.717) is 19.8 Å². The first-order valence-electron chi connectivity index (χ1n) is 10.3. The van der Waals surface area contributed by atoms with Crippen molar-refractivity contribution in [2.45, 2.75) is 25.0 Å². The van der Waals surface area contributed by atoms with Crippen LogP contribution in [0.15, 0.2) is 67.0 Å². The SMILES string of the molecule is COc1cc(CN(Cc2ccncc2)[C@@H]2COC[C@H]2c2ccc(F)cc2)cc(OC)c1. The quantitative estimate of drug-likeness (QED) is 0.538. The first-order chi connectivity index (χ1) is 15.2. The van der Waals surface area contributed by atoms with Crippen LogP contribution in [0.2, 0.25) is 0 Å². The van der Waals surface area contributed by atoms with Crippen molar-refractivity contribution in [3.63, 3.8) is 0 Å². The van der Waals surface area contributed by atoms with Crippen molar-refractivity contribution in [1.82, 2.24) is 9.88 Å². The van der Waals surface area contributed by atoms with E-state index in [4.69, 9.17) is 14.2 Å². The Morgan fingerprint density at radius 1 is 0.903 bits per heavy atom. The van der Waals surface area contributed by atoms with Gasteiger partial charge < -0.3 is 14.2 Å². The van der Waals surface area contributed by atoms with Gasteiger partial charge in [0.15, 0.2) is 0 Å². The molecule has 0 spiro atoms. The van der Waals surface area contributed by atoms with Crippen molar-refractivity contribution in [2.24, 2.45) is 0 Å². The minimum absolute atomic E-state index is 0.149. The second-order valence-electron chi connectivity index (χ2n) is 7.74. The summed E-state index contributed by atoms with van der Waals surface area (Å²) in [7, 11) is 3.31. The van der Waals surface area contributed by atoms with Crippen LogP contribution >= 0.6 is 0 Å². The maximum absolute atomic E-state index is 13.5. The van der Waals surface area contributed by atoms with Crippen LogP contribution in [0.3, 0.4) is 0 Å². The van der Waals surface area contributed by atoms with E-state index in [0.717, 1.165) is 29.2 Å². The van der Waals surface area contributed by atoms with Crippen LogP contribution in [-0.4, -0.2) is 43.4 Å². The van der Waals surface area contributed by atoms with Crippen LogP contribution in [0.4, 0.5) is 4.39 Å². The van der Waals surface area contributed by atoms with Gasteiger partial charge in [0.2, 0.25) is 0 Å². The van der Waals surface area contributed by atoms with Gasteiger partial charge in [-0.2, -0.15) is 0 Å². The normalized spacial score (nSPS) is 18.3. The molecule has 4 rings (SSSR count). The Labute approximate surface area is 182 Å². The highest BCUT2D eigenvalue weighted by Gasteiger charge is 2.34. The van der Waals surface area contributed by atoms with Crippen molar-refractivity contribution in [1.29, 1.82) is 0 Å². The Kier molecular flexibility index (Phi) is 6.79. The topological polar surface area (TPSA) is 43.8 Å². The molecule has 1 aliphatic rings. The van der Waals surface area contributed by atoms with Gasteiger partial charge in [0.05, 0.1) is 27.4 Å². The highest BCUT2D eigenvalue weighted by atomic mass is 19.1. The molecule has 31 heavy (non-hydrogen) atoms. The predicted octanol–water partition coefficient (Wildman–Crippen LogP) is 4.42. The van der Waals surface area contributed by atoms with Crippen molar-refractivity contribution < 1.29 is 18.6 Å². The molecule has 2 heterocycles. The molecule has 0 aliphatic carbocycles. The molecule has 0 radical (unpaired) electrons. The standard InChI is InChI=1S/C25H27FN2O3/c1-29-22-11-19(12-23(13-22)30-2)15-28(14-18-7-9-27-10-8-18)25-17-31-16-24(25)20-3-5-21(26)6-4-20/h3-13,24-25H,14-17H2,1-2H3/t24-,25+/m0/s1. The lowest BCUT2D eigenvalue weighted by Gasteiger charge is -2.32. The zero-order chi connectivity index (χ0) is 21.6. The first-order valence-corrected chi connectivity index (χ1v) is 10.3. The van der Waals surface area contributed by atoms with Gasteiger partial charge in [-0.3, -0.25) is 9.88 Å². The molecule has 0 bridgehead atoms. The molecule has 162 valence electrons. The van der Waals surface area contributed by atoms with E-state index >= 15 is 0 Å². The summed E-state index contributed by atoms with van der Waals surface area (Å²) in [6.45, 7) is 2.67. The molecule has 1 aromatic heterocycles. The van der Waals surface area contributed by atoms with Crippen LogP contribution < -0.4 is 9.47 Å². The van der Waals surface area contributed by atoms with Gasteiger partial charge in [-0.1, -0.05) is 12.1 Å². The summed E-state index contributed by atoms with van der Waals surface area (Å²) >= 11 is 0. The molecule has 0 saturated carbocycles. The lowest BCUT2D eigenvalue weighted by molar-refractivity contribution is 0.132. The van der Waals surface area contributed by atoms with Crippen LogP contribution in [0.1, 0.15) is 22.6 Å². The zero-order valence-electron chi connectivity index (χ0n) is 17.8. The second kappa shape index (κ2) is 9.90. The maximum Gasteiger partial charge on any atom is 0.123 e. The van der Waals surface area contributed by atoms with Gasteiger partial charge in [0, 0.05) is 43.5 Å². The monoisotopic (exact) mass is 422 g/mol. The fourth-order valence-electron chi connectivity index (χ4n) is 4.14. The molecule has 3 aromatic rings. The predicted molar refractivity (Wildman–Crippen MR) is 117 cm³/mol. The van der Waals surface area contributed by atoms with Gasteiger partial charge in [0.1, 0.15) is 17.3 Å². The average Bonchev–Trinajstić information content (AvgIpc) is 3.29. The molecule has 0 unspecified atom stereocenters. The number of ether oxygens (including phenoxy) is 3. The van der Waals surface area contributed by atoms with E-state index in [2.05, 4.69) is 9.88 Å². The van der Waals surface area contributed by atoms with E-state index in [1.54, 1.807) is 14.2 Å². The summed E-state index contributed by atoms with van der Waals surface area (Å²) in [5.74, 6) is 1.46. The number of pyridine rings is 1. The van der Waals surface area contributed by atoms with Crippen LogP contribution in [0.25, 0.3) is 0 Å². The zero-order valence-corrected chi connectivity index (χ0v) is 17.8. The summed E-state index contributed by atoms with van der Waals surface area (Å²) in [5.41, 5.74) is 3.36. The number of rotatable bonds is 8. The first kappa shape index (κ1) is 21.3. The van der Waals surface area contributed by atoms with Gasteiger partial charge in [-0.15, -0.1) is 0 Å². The number of nitrogens with zero attached hydrogens (tertiary/aromatic N) is 2. The molecule has 1 fully saturated rings. The molecule has 5 nitrogen and oxygen atoms in total. The van der Waals surface area contributed by atoms with E-state index in [1.165, 1.54) is 17.7 Å². The van der Waals surface area contributed by atoms with Gasteiger partial charge in [-0.25, -0.2) is 4.39 Å². The molecule has 2 atom stereocenters. The molecular weight excluding hydrogens is 395 g/mol. The van der Waals surface area contributed by atoms with Crippen molar-refractivity contribution in [3.8, 4) is 11.5 Å². The molecular formula is C25H27FN2O3. The van der Waals surface area contributed by atoms with Gasteiger partial charge in [-0.05, 0) is 53.1 Å². The third-order valence-electron chi connectivity index (χ3n) is 5.75. The molecule has 6 heteroatoms. The van der Waals surface area contributed by atoms with Crippen LogP contribution in [0.5, 0.6) is 11.5 Å². The maximum atomic E-state index is 13.5. The smallest absolute Gasteiger partial charge is 0.123 e. The molecule has 0 N–H and O–H groups in total. The van der Waals surface area contributed by atoms with Gasteiger partial charge >= 0.3 is 0 Å². The number of hydrogen-bond acceptors (Lipinski definition) is 5. The van der Waals surface area contributed by atoms with Gasteiger partial charge in [0.25, 0.3) is 0 Å². The Morgan fingerprint density at radius 2 is 1.55 bits per heavy atom. The fourth-order valence-corrected chi connectivity index (χ4v) is 4.14. The van der Waals surface area contributed by atoms with E-state index in [1.807, 2.05) is 54.9 Å². The number of halogens is 1. The Morgan fingerprint density at radius 3 is 2.19 bits per heavy atom. The van der Waals surface area contributed by atoms with E-state index < -0.39 is 0 Å². The highest BCUT2D eigenvalue weighted by molar-refractivity contribution is 5.38. The second-order valence-corrected chi connectivity index (χ2v) is 7.74. The molecule has 1 aliphatic heterocycles. The van der Waals surface area contributed by atoms with Crippen molar-refractivity contribution in [2.75, 3.05) is 27.4 Å². The van der Waals surface area contributed by atoms with Crippen LogP contribution in [-0.2, 0) is 17.8 Å². The van der Waals surface area contributed by atoms with Crippen LogP contribution in [0, 0.1) is 5.82 Å². The Bertz CT molecular complexity index is 960. The summed E-state index contributed by atoms with van der Waals surface area (Å²) in [5, 5.41) is 0. The Balaban J connectivity index is 1.64. The average molecular weight is 423 g/mol. The summed E-state index contributed by atoms with van der Waals surface area (Å²) < 4.78 is 30.3.